The molecular formula is C19H18ClNO. The number of aryl methyl sites for hydroxylation is 1. The quantitative estimate of drug-likeness (QED) is 0.615. The van der Waals surface area contributed by atoms with Crippen LogP contribution < -0.4 is 0 Å². The second-order valence-electron chi connectivity index (χ2n) is 5.90. The second-order valence-corrected chi connectivity index (χ2v) is 6.31. The van der Waals surface area contributed by atoms with Crippen LogP contribution in [0.1, 0.15) is 41.3 Å². The van der Waals surface area contributed by atoms with E-state index in [1.54, 1.807) is 0 Å². The lowest BCUT2D eigenvalue weighted by Crippen LogP contribution is -1.88. The minimum atomic E-state index is 0.489. The van der Waals surface area contributed by atoms with Gasteiger partial charge in [0, 0.05) is 16.0 Å². The molecule has 2 nitrogen and oxygen atoms in total. The van der Waals surface area contributed by atoms with Gasteiger partial charge in [-0.05, 0) is 35.6 Å². The molecule has 0 saturated heterocycles. The fourth-order valence-corrected chi connectivity index (χ4v) is 2.94. The van der Waals surface area contributed by atoms with Gasteiger partial charge in [-0.25, -0.2) is 0 Å². The van der Waals surface area contributed by atoms with E-state index in [0.29, 0.717) is 16.5 Å². The largest absolute Gasteiger partial charge is 0.354 e. The summed E-state index contributed by atoms with van der Waals surface area (Å²) in [5.41, 5.74) is 5.73. The predicted octanol–water partition coefficient (Wildman–Crippen LogP) is 5.73. The van der Waals surface area contributed by atoms with Crippen molar-refractivity contribution in [1.29, 1.82) is 0 Å². The molecule has 2 aromatic carbocycles. The summed E-state index contributed by atoms with van der Waals surface area (Å²) >= 11 is 6.19. The van der Waals surface area contributed by atoms with E-state index in [4.69, 9.17) is 11.6 Å². The fourth-order valence-electron chi connectivity index (χ4n) is 2.78. The zero-order chi connectivity index (χ0) is 15.9. The Morgan fingerprint density at radius 3 is 2.36 bits per heavy atom. The number of carbonyl (C=O) groups excluding carboxylic acids is 1. The van der Waals surface area contributed by atoms with Crippen molar-refractivity contribution in [3.63, 3.8) is 0 Å². The van der Waals surface area contributed by atoms with Gasteiger partial charge in [0.05, 0.1) is 11.2 Å². The number of fused-ring (bicyclic) bond motifs is 1. The number of nitrogens with one attached hydrogen (secondary N) is 1. The highest BCUT2D eigenvalue weighted by molar-refractivity contribution is 6.32. The van der Waals surface area contributed by atoms with Gasteiger partial charge in [0.1, 0.15) is 0 Å². The number of benzene rings is 2. The summed E-state index contributed by atoms with van der Waals surface area (Å²) in [6, 6.07) is 12.1. The molecule has 0 unspecified atom stereocenters. The molecule has 3 rings (SSSR count). The summed E-state index contributed by atoms with van der Waals surface area (Å²) in [6.07, 6.45) is 0.915. The third-order valence-electron chi connectivity index (χ3n) is 4.19. The number of aldehydes is 1. The molecule has 0 bridgehead atoms. The summed E-state index contributed by atoms with van der Waals surface area (Å²) in [4.78, 5) is 15.0. The number of hydrogen-bond acceptors (Lipinski definition) is 1. The van der Waals surface area contributed by atoms with E-state index >= 15 is 0 Å². The second kappa shape index (κ2) is 5.62. The van der Waals surface area contributed by atoms with Crippen LogP contribution in [0.15, 0.2) is 36.4 Å². The molecule has 0 amide bonds. The van der Waals surface area contributed by atoms with Gasteiger partial charge in [0.25, 0.3) is 0 Å². The third kappa shape index (κ3) is 2.34. The first kappa shape index (κ1) is 14.9. The van der Waals surface area contributed by atoms with Gasteiger partial charge in [-0.15, -0.1) is 0 Å². The van der Waals surface area contributed by atoms with Crippen LogP contribution in [0.2, 0.25) is 5.02 Å². The maximum Gasteiger partial charge on any atom is 0.152 e. The van der Waals surface area contributed by atoms with Gasteiger partial charge in [0.15, 0.2) is 6.29 Å². The summed E-state index contributed by atoms with van der Waals surface area (Å²) in [6.45, 7) is 6.29. The molecule has 0 atom stereocenters. The first-order chi connectivity index (χ1) is 10.5. The molecule has 0 saturated carbocycles. The fraction of sp³-hybridized carbons (Fsp3) is 0.211. The normalized spacial score (nSPS) is 11.3. The molecule has 0 radical (unpaired) electrons. The highest BCUT2D eigenvalue weighted by atomic mass is 35.5. The average molecular weight is 312 g/mol. The van der Waals surface area contributed by atoms with Crippen molar-refractivity contribution >= 4 is 28.8 Å². The monoisotopic (exact) mass is 311 g/mol. The van der Waals surface area contributed by atoms with Crippen molar-refractivity contribution in [3.8, 4) is 11.3 Å². The van der Waals surface area contributed by atoms with Crippen LogP contribution in [0.5, 0.6) is 0 Å². The van der Waals surface area contributed by atoms with Gasteiger partial charge >= 0.3 is 0 Å². The zero-order valence-corrected chi connectivity index (χ0v) is 13.7. The Kier molecular flexibility index (Phi) is 3.79. The van der Waals surface area contributed by atoms with Crippen LogP contribution in [-0.2, 0) is 0 Å². The number of aromatic nitrogens is 1. The van der Waals surface area contributed by atoms with Crippen molar-refractivity contribution in [2.75, 3.05) is 0 Å². The number of carbonyl (C=O) groups is 1. The lowest BCUT2D eigenvalue weighted by molar-refractivity contribution is 0.112. The Labute approximate surface area is 135 Å². The molecule has 0 aliphatic heterocycles. The van der Waals surface area contributed by atoms with Crippen molar-refractivity contribution < 1.29 is 4.79 Å². The van der Waals surface area contributed by atoms with E-state index in [0.717, 1.165) is 34.0 Å². The van der Waals surface area contributed by atoms with Crippen molar-refractivity contribution in [1.82, 2.24) is 4.98 Å². The standard InChI is InChI=1S/C19H18ClNO/c1-11(2)13-4-6-14(7-5-13)19-16(10-22)15-8-9-17(20)12(3)18(15)21-19/h4-11,21H,1-3H3. The van der Waals surface area contributed by atoms with Gasteiger partial charge < -0.3 is 4.98 Å². The number of halogens is 1. The molecule has 0 aliphatic carbocycles. The van der Waals surface area contributed by atoms with E-state index in [1.165, 1.54) is 5.56 Å². The van der Waals surface area contributed by atoms with Gasteiger partial charge in [-0.2, -0.15) is 0 Å². The molecule has 3 heteroatoms. The van der Waals surface area contributed by atoms with Crippen LogP contribution >= 0.6 is 11.6 Å². The highest BCUT2D eigenvalue weighted by Gasteiger charge is 2.15. The average Bonchev–Trinajstić information content (AvgIpc) is 2.90. The summed E-state index contributed by atoms with van der Waals surface area (Å²) in [7, 11) is 0. The molecule has 0 fully saturated rings. The van der Waals surface area contributed by atoms with E-state index in [2.05, 4.69) is 43.1 Å². The van der Waals surface area contributed by atoms with E-state index < -0.39 is 0 Å². The highest BCUT2D eigenvalue weighted by Crippen LogP contribution is 2.33. The zero-order valence-electron chi connectivity index (χ0n) is 12.9. The van der Waals surface area contributed by atoms with Crippen LogP contribution in [-0.4, -0.2) is 11.3 Å². The molecule has 112 valence electrons. The van der Waals surface area contributed by atoms with Crippen molar-refractivity contribution in [2.45, 2.75) is 26.7 Å². The topological polar surface area (TPSA) is 32.9 Å². The molecule has 1 heterocycles. The first-order valence-corrected chi connectivity index (χ1v) is 7.77. The van der Waals surface area contributed by atoms with Crippen LogP contribution in [0.25, 0.3) is 22.2 Å². The van der Waals surface area contributed by atoms with E-state index in [-0.39, 0.29) is 0 Å². The molecule has 1 N–H and O–H groups in total. The van der Waals surface area contributed by atoms with Crippen LogP contribution in [0.4, 0.5) is 0 Å². The van der Waals surface area contributed by atoms with Crippen molar-refractivity contribution in [3.05, 3.63) is 58.1 Å². The van der Waals surface area contributed by atoms with Gasteiger partial charge in [-0.3, -0.25) is 4.79 Å². The molecule has 22 heavy (non-hydrogen) atoms. The third-order valence-corrected chi connectivity index (χ3v) is 4.60. The Balaban J connectivity index is 2.22. The Bertz CT molecular complexity index is 844. The minimum Gasteiger partial charge on any atom is -0.354 e. The number of rotatable bonds is 3. The summed E-state index contributed by atoms with van der Waals surface area (Å²) in [5, 5.41) is 1.62. The molecule has 0 aliphatic rings. The lowest BCUT2D eigenvalue weighted by atomic mass is 9.99. The maximum absolute atomic E-state index is 11.6. The minimum absolute atomic E-state index is 0.489. The van der Waals surface area contributed by atoms with E-state index in [1.807, 2.05) is 19.1 Å². The number of aromatic amines is 1. The van der Waals surface area contributed by atoms with Crippen LogP contribution in [0, 0.1) is 6.92 Å². The summed E-state index contributed by atoms with van der Waals surface area (Å²) < 4.78 is 0. The maximum atomic E-state index is 11.6. The first-order valence-electron chi connectivity index (χ1n) is 7.39. The number of H-pyrrole nitrogens is 1. The van der Waals surface area contributed by atoms with Crippen molar-refractivity contribution in [2.24, 2.45) is 0 Å². The molecule has 3 aromatic rings. The smallest absolute Gasteiger partial charge is 0.152 e. The lowest BCUT2D eigenvalue weighted by Gasteiger charge is -2.06. The van der Waals surface area contributed by atoms with Crippen LogP contribution in [0.3, 0.4) is 0 Å². The summed E-state index contributed by atoms with van der Waals surface area (Å²) in [5.74, 6) is 0.489. The SMILES string of the molecule is Cc1c(Cl)ccc2c(C=O)c(-c3ccc(C(C)C)cc3)[nH]c12. The Morgan fingerprint density at radius 1 is 1.09 bits per heavy atom. The van der Waals surface area contributed by atoms with Gasteiger partial charge in [0.2, 0.25) is 0 Å². The predicted molar refractivity (Wildman–Crippen MR) is 93.0 cm³/mol. The van der Waals surface area contributed by atoms with E-state index in [9.17, 15) is 4.79 Å². The Hall–Kier alpha value is -2.06. The Morgan fingerprint density at radius 2 is 1.77 bits per heavy atom. The molecular weight excluding hydrogens is 294 g/mol. The van der Waals surface area contributed by atoms with Gasteiger partial charge in [-0.1, -0.05) is 55.8 Å². The molecule has 1 aromatic heterocycles. The molecule has 0 spiro atoms. The number of hydrogen-bond donors (Lipinski definition) is 1.